The largest absolute Gasteiger partial charge is 0.493 e. The Morgan fingerprint density at radius 2 is 2.10 bits per heavy atom. The van der Waals surface area contributed by atoms with Gasteiger partial charge in [-0.3, -0.25) is 0 Å². The number of aromatic nitrogens is 2. The first-order chi connectivity index (χ1) is 10.0. The second kappa shape index (κ2) is 6.62. The average molecular weight is 300 g/mol. The van der Waals surface area contributed by atoms with Crippen molar-refractivity contribution in [2.75, 3.05) is 13.2 Å². The van der Waals surface area contributed by atoms with Crippen LogP contribution < -0.4 is 4.74 Å². The molecule has 1 aromatic heterocycles. The van der Waals surface area contributed by atoms with Crippen molar-refractivity contribution in [1.29, 1.82) is 0 Å². The highest BCUT2D eigenvalue weighted by Gasteiger charge is 2.34. The molecule has 1 N–H and O–H groups in total. The Balaban J connectivity index is 2.22. The molecule has 1 heterocycles. The minimum absolute atomic E-state index is 0.0421. The maximum atomic E-state index is 13.1. The van der Waals surface area contributed by atoms with Gasteiger partial charge in [0.05, 0.1) is 18.5 Å². The Labute approximate surface area is 119 Å². The van der Waals surface area contributed by atoms with Gasteiger partial charge < -0.3 is 14.4 Å². The van der Waals surface area contributed by atoms with Crippen LogP contribution in [0.4, 0.5) is 13.2 Å². The average Bonchev–Trinajstić information content (AvgIpc) is 2.92. The van der Waals surface area contributed by atoms with Crippen molar-refractivity contribution in [3.63, 3.8) is 0 Å². The zero-order chi connectivity index (χ0) is 15.3. The van der Waals surface area contributed by atoms with Crippen molar-refractivity contribution >= 4 is 0 Å². The second-order valence-electron chi connectivity index (χ2n) is 4.49. The number of aliphatic hydroxyl groups excluding tert-OH is 1. The van der Waals surface area contributed by atoms with Crippen LogP contribution in [0.3, 0.4) is 0 Å². The Hall–Kier alpha value is -2.02. The molecule has 0 atom stereocenters. The lowest BCUT2D eigenvalue weighted by Crippen LogP contribution is -2.11. The summed E-state index contributed by atoms with van der Waals surface area (Å²) in [6.45, 7) is 0.223. The molecule has 2 aromatic rings. The summed E-state index contributed by atoms with van der Waals surface area (Å²) in [5.41, 5.74) is -0.298. The number of halogens is 3. The highest BCUT2D eigenvalue weighted by atomic mass is 19.4. The van der Waals surface area contributed by atoms with E-state index in [4.69, 9.17) is 9.84 Å². The molecule has 0 saturated heterocycles. The lowest BCUT2D eigenvalue weighted by molar-refractivity contribution is -0.139. The van der Waals surface area contributed by atoms with Crippen molar-refractivity contribution in [3.05, 3.63) is 48.0 Å². The summed E-state index contributed by atoms with van der Waals surface area (Å²) in [6, 6.07) is 3.98. The predicted octanol–water partition coefficient (Wildman–Crippen LogP) is 2.71. The molecule has 21 heavy (non-hydrogen) atoms. The van der Waals surface area contributed by atoms with E-state index in [2.05, 4.69) is 4.98 Å². The van der Waals surface area contributed by atoms with E-state index >= 15 is 0 Å². The van der Waals surface area contributed by atoms with Gasteiger partial charge >= 0.3 is 6.18 Å². The molecule has 0 amide bonds. The molecule has 2 rings (SSSR count). The molecule has 0 spiro atoms. The number of ether oxygens (including phenoxy) is 1. The summed E-state index contributed by atoms with van der Waals surface area (Å²) in [5.74, 6) is -0.217. The third-order valence-electron chi connectivity index (χ3n) is 2.83. The third kappa shape index (κ3) is 4.22. The summed E-state index contributed by atoms with van der Waals surface area (Å²) in [5, 5.41) is 8.65. The Morgan fingerprint density at radius 3 is 2.71 bits per heavy atom. The molecule has 0 aliphatic carbocycles. The van der Waals surface area contributed by atoms with Crippen molar-refractivity contribution < 1.29 is 23.0 Å². The molecule has 0 radical (unpaired) electrons. The van der Waals surface area contributed by atoms with E-state index in [1.54, 1.807) is 29.4 Å². The van der Waals surface area contributed by atoms with Gasteiger partial charge in [-0.25, -0.2) is 4.98 Å². The monoisotopic (exact) mass is 300 g/mol. The van der Waals surface area contributed by atoms with Gasteiger partial charge in [0.2, 0.25) is 0 Å². The normalized spacial score (nSPS) is 11.6. The molecule has 0 fully saturated rings. The van der Waals surface area contributed by atoms with Crippen LogP contribution in [0.2, 0.25) is 0 Å². The quantitative estimate of drug-likeness (QED) is 0.834. The summed E-state index contributed by atoms with van der Waals surface area (Å²) in [4.78, 5) is 3.85. The lowest BCUT2D eigenvalue weighted by Gasteiger charge is -2.15. The zero-order valence-corrected chi connectivity index (χ0v) is 11.2. The Bertz CT molecular complexity index is 568. The molecule has 7 heteroatoms. The molecular formula is C14H15F3N2O2. The van der Waals surface area contributed by atoms with E-state index in [0.717, 1.165) is 6.07 Å². The maximum Gasteiger partial charge on any atom is 0.419 e. The number of hydrogen-bond donors (Lipinski definition) is 1. The smallest absolute Gasteiger partial charge is 0.419 e. The number of aliphatic hydroxyl groups is 1. The SMILES string of the molecule is OCCCOc1ccc(Cn2ccnc2)cc1C(F)(F)F. The van der Waals surface area contributed by atoms with E-state index in [1.165, 1.54) is 6.07 Å². The van der Waals surface area contributed by atoms with Crippen LogP contribution in [-0.2, 0) is 12.7 Å². The first-order valence-electron chi connectivity index (χ1n) is 6.40. The fourth-order valence-electron chi connectivity index (χ4n) is 1.86. The summed E-state index contributed by atoms with van der Waals surface area (Å²) in [6.07, 6.45) is 0.586. The summed E-state index contributed by atoms with van der Waals surface area (Å²) in [7, 11) is 0. The van der Waals surface area contributed by atoms with Crippen molar-refractivity contribution in [1.82, 2.24) is 9.55 Å². The van der Waals surface area contributed by atoms with Crippen molar-refractivity contribution in [2.45, 2.75) is 19.1 Å². The van der Waals surface area contributed by atoms with Gasteiger partial charge in [-0.2, -0.15) is 13.2 Å². The van der Waals surface area contributed by atoms with Crippen LogP contribution >= 0.6 is 0 Å². The predicted molar refractivity (Wildman–Crippen MR) is 70.0 cm³/mol. The molecular weight excluding hydrogens is 285 g/mol. The molecule has 0 aliphatic rings. The van der Waals surface area contributed by atoms with Crippen LogP contribution in [0.5, 0.6) is 5.75 Å². The van der Waals surface area contributed by atoms with Gasteiger partial charge in [0.25, 0.3) is 0 Å². The van der Waals surface area contributed by atoms with E-state index in [9.17, 15) is 13.2 Å². The third-order valence-corrected chi connectivity index (χ3v) is 2.83. The van der Waals surface area contributed by atoms with Gasteiger partial charge in [0.1, 0.15) is 5.75 Å². The van der Waals surface area contributed by atoms with E-state index in [-0.39, 0.29) is 25.4 Å². The molecule has 4 nitrogen and oxygen atoms in total. The Morgan fingerprint density at radius 1 is 1.29 bits per heavy atom. The Kier molecular flexibility index (Phi) is 4.85. The molecule has 114 valence electrons. The number of rotatable bonds is 6. The van der Waals surface area contributed by atoms with E-state index < -0.39 is 11.7 Å². The topological polar surface area (TPSA) is 47.3 Å². The minimum Gasteiger partial charge on any atom is -0.493 e. The van der Waals surface area contributed by atoms with E-state index in [0.29, 0.717) is 12.1 Å². The highest BCUT2D eigenvalue weighted by molar-refractivity contribution is 5.39. The van der Waals surface area contributed by atoms with Gasteiger partial charge in [0.15, 0.2) is 0 Å². The number of nitrogens with zero attached hydrogens (tertiary/aromatic N) is 2. The number of alkyl halides is 3. The maximum absolute atomic E-state index is 13.1. The molecule has 0 unspecified atom stereocenters. The molecule has 1 aromatic carbocycles. The van der Waals surface area contributed by atoms with Gasteiger partial charge in [-0.1, -0.05) is 6.07 Å². The molecule has 0 aliphatic heterocycles. The standard InChI is InChI=1S/C14H15F3N2O2/c15-14(16,17)12-8-11(9-19-5-4-18-10-19)2-3-13(12)21-7-1-6-20/h2-5,8,10,20H,1,6-7,9H2. The van der Waals surface area contributed by atoms with Crippen LogP contribution in [0.15, 0.2) is 36.9 Å². The van der Waals surface area contributed by atoms with Crippen LogP contribution in [0, 0.1) is 0 Å². The summed E-state index contributed by atoms with van der Waals surface area (Å²) >= 11 is 0. The fourth-order valence-corrected chi connectivity index (χ4v) is 1.86. The molecule has 0 bridgehead atoms. The van der Waals surface area contributed by atoms with Gasteiger partial charge in [0, 0.05) is 32.0 Å². The summed E-state index contributed by atoms with van der Waals surface area (Å²) < 4.78 is 46.0. The van der Waals surface area contributed by atoms with Gasteiger partial charge in [-0.05, 0) is 17.7 Å². The second-order valence-corrected chi connectivity index (χ2v) is 4.49. The minimum atomic E-state index is -4.49. The van der Waals surface area contributed by atoms with Crippen LogP contribution in [0.1, 0.15) is 17.5 Å². The van der Waals surface area contributed by atoms with Crippen molar-refractivity contribution in [3.8, 4) is 5.75 Å². The number of imidazole rings is 1. The van der Waals surface area contributed by atoms with Crippen LogP contribution in [0.25, 0.3) is 0 Å². The fraction of sp³-hybridized carbons (Fsp3) is 0.357. The number of hydrogen-bond acceptors (Lipinski definition) is 3. The first kappa shape index (κ1) is 15.4. The number of benzene rings is 1. The molecule has 0 saturated carbocycles. The van der Waals surface area contributed by atoms with Gasteiger partial charge in [-0.15, -0.1) is 0 Å². The first-order valence-corrected chi connectivity index (χ1v) is 6.40. The van der Waals surface area contributed by atoms with Crippen LogP contribution in [-0.4, -0.2) is 27.9 Å². The van der Waals surface area contributed by atoms with Crippen molar-refractivity contribution in [2.24, 2.45) is 0 Å². The zero-order valence-electron chi connectivity index (χ0n) is 11.2. The lowest BCUT2D eigenvalue weighted by atomic mass is 10.1. The van der Waals surface area contributed by atoms with E-state index in [1.807, 2.05) is 0 Å². The highest BCUT2D eigenvalue weighted by Crippen LogP contribution is 2.37.